The number of aromatic nitrogens is 2. The molecule has 0 bridgehead atoms. The minimum Gasteiger partial charge on any atom is -0.481 e. The summed E-state index contributed by atoms with van der Waals surface area (Å²) in [7, 11) is 7.33. The molecule has 1 rings (SSSR count). The van der Waals surface area contributed by atoms with Gasteiger partial charge in [0.15, 0.2) is 0 Å². The number of hydrogen-bond donors (Lipinski definition) is 1. The minimum atomic E-state index is 0.112. The molecule has 0 spiro atoms. The molecule has 1 heterocycles. The Morgan fingerprint density at radius 3 is 2.63 bits per heavy atom. The number of aryl methyl sites for hydroxylation is 2. The van der Waals surface area contributed by atoms with Crippen LogP contribution in [0.3, 0.4) is 0 Å². The Morgan fingerprint density at radius 2 is 2.11 bits per heavy atom. The summed E-state index contributed by atoms with van der Waals surface area (Å²) in [5, 5.41) is 4.41. The van der Waals surface area contributed by atoms with Crippen molar-refractivity contribution < 1.29 is 9.47 Å². The number of nitrogens with zero attached hydrogens (tertiary/aromatic N) is 3. The summed E-state index contributed by atoms with van der Waals surface area (Å²) in [6.45, 7) is 4.20. The summed E-state index contributed by atoms with van der Waals surface area (Å²) in [6, 6.07) is 0.112. The van der Waals surface area contributed by atoms with E-state index in [2.05, 4.69) is 17.0 Å². The molecule has 2 N–H and O–H groups in total. The lowest BCUT2D eigenvalue weighted by Crippen LogP contribution is -2.32. The number of nitrogens with two attached hydrogens (primary N) is 1. The number of ether oxygens (including phenoxy) is 2. The van der Waals surface area contributed by atoms with Crippen molar-refractivity contribution >= 4 is 0 Å². The Balaban J connectivity index is 2.90. The molecule has 1 aromatic heterocycles. The van der Waals surface area contributed by atoms with Gasteiger partial charge in [-0.1, -0.05) is 0 Å². The Kier molecular flexibility index (Phi) is 6.27. The molecule has 0 aliphatic carbocycles. The van der Waals surface area contributed by atoms with Crippen molar-refractivity contribution in [1.82, 2.24) is 14.7 Å². The third-order valence-electron chi connectivity index (χ3n) is 3.36. The quantitative estimate of drug-likeness (QED) is 0.705. The summed E-state index contributed by atoms with van der Waals surface area (Å²) >= 11 is 0. The van der Waals surface area contributed by atoms with Crippen LogP contribution < -0.4 is 10.5 Å². The van der Waals surface area contributed by atoms with Crippen LogP contribution in [0.25, 0.3) is 0 Å². The molecule has 0 amide bonds. The van der Waals surface area contributed by atoms with E-state index in [0.717, 1.165) is 36.7 Å². The van der Waals surface area contributed by atoms with Crippen molar-refractivity contribution in [2.24, 2.45) is 12.8 Å². The fourth-order valence-electron chi connectivity index (χ4n) is 2.41. The Labute approximate surface area is 115 Å². The summed E-state index contributed by atoms with van der Waals surface area (Å²) in [5.41, 5.74) is 7.99. The van der Waals surface area contributed by atoms with E-state index in [1.165, 1.54) is 0 Å². The second kappa shape index (κ2) is 7.47. The van der Waals surface area contributed by atoms with Crippen molar-refractivity contribution in [3.8, 4) is 5.88 Å². The van der Waals surface area contributed by atoms with Gasteiger partial charge >= 0.3 is 0 Å². The Bertz CT molecular complexity index is 392. The van der Waals surface area contributed by atoms with Gasteiger partial charge in [-0.25, -0.2) is 4.68 Å². The van der Waals surface area contributed by atoms with E-state index < -0.39 is 0 Å². The smallest absolute Gasteiger partial charge is 0.216 e. The average Bonchev–Trinajstić information content (AvgIpc) is 2.65. The molecular formula is C13H26N4O2. The summed E-state index contributed by atoms with van der Waals surface area (Å²) < 4.78 is 12.3. The van der Waals surface area contributed by atoms with Gasteiger partial charge in [0.05, 0.1) is 24.4 Å². The highest BCUT2D eigenvalue weighted by Crippen LogP contribution is 2.30. The highest BCUT2D eigenvalue weighted by Gasteiger charge is 2.25. The molecule has 0 aromatic carbocycles. The van der Waals surface area contributed by atoms with Crippen LogP contribution in [0.1, 0.15) is 23.7 Å². The molecule has 19 heavy (non-hydrogen) atoms. The summed E-state index contributed by atoms with van der Waals surface area (Å²) in [6.07, 6.45) is 0.977. The van der Waals surface area contributed by atoms with E-state index in [0.29, 0.717) is 6.54 Å². The molecule has 6 nitrogen and oxygen atoms in total. The standard InChI is InChI=1S/C13H26N4O2/c1-10-12(13(19-5)17(3)15-10)11(9-14)16(2)7-6-8-18-4/h11H,6-9,14H2,1-5H3. The van der Waals surface area contributed by atoms with Crippen LogP contribution in [0.15, 0.2) is 0 Å². The third kappa shape index (κ3) is 3.68. The lowest BCUT2D eigenvalue weighted by Gasteiger charge is -2.27. The number of hydrogen-bond acceptors (Lipinski definition) is 5. The van der Waals surface area contributed by atoms with Crippen molar-refractivity contribution in [3.05, 3.63) is 11.3 Å². The first-order valence-electron chi connectivity index (χ1n) is 6.53. The Hall–Kier alpha value is -1.11. The Morgan fingerprint density at radius 1 is 1.42 bits per heavy atom. The fourth-order valence-corrected chi connectivity index (χ4v) is 2.41. The van der Waals surface area contributed by atoms with E-state index >= 15 is 0 Å². The summed E-state index contributed by atoms with van der Waals surface area (Å²) in [5.74, 6) is 0.784. The van der Waals surface area contributed by atoms with E-state index in [-0.39, 0.29) is 6.04 Å². The van der Waals surface area contributed by atoms with Crippen LogP contribution >= 0.6 is 0 Å². The zero-order chi connectivity index (χ0) is 14.4. The lowest BCUT2D eigenvalue weighted by atomic mass is 10.1. The van der Waals surface area contributed by atoms with Gasteiger partial charge < -0.3 is 15.2 Å². The predicted octanol–water partition coefficient (Wildman–Crippen LogP) is 0.705. The second-order valence-electron chi connectivity index (χ2n) is 4.71. The molecule has 1 atom stereocenters. The second-order valence-corrected chi connectivity index (χ2v) is 4.71. The molecule has 6 heteroatoms. The normalized spacial score (nSPS) is 13.0. The SMILES string of the molecule is COCCCN(C)C(CN)c1c(C)nn(C)c1OC. The molecule has 1 aromatic rings. The first-order valence-corrected chi connectivity index (χ1v) is 6.53. The summed E-state index contributed by atoms with van der Waals surface area (Å²) in [4.78, 5) is 2.23. The maximum atomic E-state index is 5.95. The highest BCUT2D eigenvalue weighted by atomic mass is 16.5. The van der Waals surface area contributed by atoms with Crippen LogP contribution in [0.5, 0.6) is 5.88 Å². The van der Waals surface area contributed by atoms with Crippen molar-refractivity contribution in [3.63, 3.8) is 0 Å². The largest absolute Gasteiger partial charge is 0.481 e. The van der Waals surface area contributed by atoms with E-state index in [1.807, 2.05) is 14.0 Å². The molecule has 0 aliphatic heterocycles. The van der Waals surface area contributed by atoms with Gasteiger partial charge in [0, 0.05) is 33.9 Å². The van der Waals surface area contributed by atoms with Crippen LogP contribution in [0.2, 0.25) is 0 Å². The van der Waals surface area contributed by atoms with Gasteiger partial charge in [-0.2, -0.15) is 5.10 Å². The van der Waals surface area contributed by atoms with E-state index in [1.54, 1.807) is 18.9 Å². The molecule has 0 saturated heterocycles. The third-order valence-corrected chi connectivity index (χ3v) is 3.36. The van der Waals surface area contributed by atoms with Gasteiger partial charge in [0.2, 0.25) is 5.88 Å². The van der Waals surface area contributed by atoms with Gasteiger partial charge in [0.25, 0.3) is 0 Å². The van der Waals surface area contributed by atoms with Crippen molar-refractivity contribution in [1.29, 1.82) is 0 Å². The number of rotatable bonds is 8. The van der Waals surface area contributed by atoms with Crippen molar-refractivity contribution in [2.75, 3.05) is 41.0 Å². The zero-order valence-corrected chi connectivity index (χ0v) is 12.6. The topological polar surface area (TPSA) is 65.5 Å². The van der Waals surface area contributed by atoms with Crippen LogP contribution in [-0.2, 0) is 11.8 Å². The van der Waals surface area contributed by atoms with E-state index in [9.17, 15) is 0 Å². The number of methoxy groups -OCH3 is 2. The number of likely N-dealkylation sites (N-methyl/N-ethyl adjacent to an activating group) is 1. The van der Waals surface area contributed by atoms with Crippen molar-refractivity contribution in [2.45, 2.75) is 19.4 Å². The zero-order valence-electron chi connectivity index (χ0n) is 12.6. The molecule has 1 unspecified atom stereocenters. The maximum Gasteiger partial charge on any atom is 0.216 e. The van der Waals surface area contributed by atoms with Crippen LogP contribution in [0.4, 0.5) is 0 Å². The van der Waals surface area contributed by atoms with Gasteiger partial charge in [-0.05, 0) is 20.4 Å². The fraction of sp³-hybridized carbons (Fsp3) is 0.769. The molecule has 0 aliphatic rings. The maximum absolute atomic E-state index is 5.95. The average molecular weight is 270 g/mol. The minimum absolute atomic E-state index is 0.112. The monoisotopic (exact) mass is 270 g/mol. The molecule has 0 saturated carbocycles. The highest BCUT2D eigenvalue weighted by molar-refractivity contribution is 5.34. The first kappa shape index (κ1) is 15.9. The van der Waals surface area contributed by atoms with Gasteiger partial charge in [0.1, 0.15) is 0 Å². The lowest BCUT2D eigenvalue weighted by molar-refractivity contribution is 0.165. The van der Waals surface area contributed by atoms with Crippen LogP contribution in [0, 0.1) is 6.92 Å². The van der Waals surface area contributed by atoms with E-state index in [4.69, 9.17) is 15.2 Å². The van der Waals surface area contributed by atoms with Gasteiger partial charge in [-0.15, -0.1) is 0 Å². The van der Waals surface area contributed by atoms with Gasteiger partial charge in [-0.3, -0.25) is 4.90 Å². The predicted molar refractivity (Wildman–Crippen MR) is 75.4 cm³/mol. The molecule has 0 radical (unpaired) electrons. The first-order chi connectivity index (χ1) is 9.06. The molecular weight excluding hydrogens is 244 g/mol. The molecule has 110 valence electrons. The molecule has 0 fully saturated rings. The van der Waals surface area contributed by atoms with Crippen LogP contribution in [-0.4, -0.2) is 55.6 Å².